The van der Waals surface area contributed by atoms with Crippen LogP contribution in [-0.2, 0) is 6.54 Å². The van der Waals surface area contributed by atoms with Crippen molar-refractivity contribution in [1.82, 2.24) is 10.2 Å². The van der Waals surface area contributed by atoms with Crippen LogP contribution in [0.4, 0.5) is 0 Å². The molecule has 1 aliphatic rings. The minimum absolute atomic E-state index is 0.0932. The summed E-state index contributed by atoms with van der Waals surface area (Å²) in [5.41, 5.74) is 2.68. The first-order valence-corrected chi connectivity index (χ1v) is 9.17. The standard InChI is InChI=1S/C21H21N3O4/c1-14-3-5-15(6-4-14)20(25)23(16-7-8-16)13-19-21(26)28-22-24(19)17-9-11-18(27-2)12-10-17/h3-6,9-12,16H,7-8,13H2,1-2H3. The zero-order valence-electron chi connectivity index (χ0n) is 15.8. The predicted molar refractivity (Wildman–Crippen MR) is 98.1 cm³/mol. The first-order valence-electron chi connectivity index (χ1n) is 9.17. The Labute approximate surface area is 162 Å². The highest BCUT2D eigenvalue weighted by molar-refractivity contribution is 5.94. The summed E-state index contributed by atoms with van der Waals surface area (Å²) in [6, 6.07) is 14.7. The highest BCUT2D eigenvalue weighted by Gasteiger charge is 2.36. The second-order valence-corrected chi connectivity index (χ2v) is 6.95. The van der Waals surface area contributed by atoms with Crippen molar-refractivity contribution in [3.05, 3.63) is 65.4 Å². The number of carbonyl (C=O) groups excluding carboxylic acids is 1. The number of nitrogens with zero attached hydrogens (tertiary/aromatic N) is 3. The number of rotatable bonds is 6. The summed E-state index contributed by atoms with van der Waals surface area (Å²) in [6.07, 6.45) is 1.86. The number of hydrogen-bond donors (Lipinski definition) is 0. The van der Waals surface area contributed by atoms with E-state index in [1.54, 1.807) is 36.3 Å². The van der Waals surface area contributed by atoms with E-state index in [0.717, 1.165) is 18.4 Å². The Morgan fingerprint density at radius 1 is 1.21 bits per heavy atom. The molecule has 7 nitrogen and oxygen atoms in total. The number of aryl methyl sites for hydroxylation is 1. The summed E-state index contributed by atoms with van der Waals surface area (Å²) in [5, 5.41) is 16.2. The van der Waals surface area contributed by atoms with Gasteiger partial charge in [0.25, 0.3) is 11.6 Å². The second-order valence-electron chi connectivity index (χ2n) is 6.95. The molecular weight excluding hydrogens is 358 g/mol. The molecule has 0 radical (unpaired) electrons. The molecule has 0 bridgehead atoms. The molecule has 144 valence electrons. The summed E-state index contributed by atoms with van der Waals surface area (Å²) in [7, 11) is 1.59. The Morgan fingerprint density at radius 3 is 2.50 bits per heavy atom. The van der Waals surface area contributed by atoms with Crippen molar-refractivity contribution in [3.63, 3.8) is 0 Å². The van der Waals surface area contributed by atoms with Gasteiger partial charge in [-0.3, -0.25) is 4.79 Å². The van der Waals surface area contributed by atoms with E-state index < -0.39 is 5.95 Å². The fourth-order valence-electron chi connectivity index (χ4n) is 3.10. The fraction of sp³-hybridized carbons (Fsp3) is 0.286. The highest BCUT2D eigenvalue weighted by Crippen LogP contribution is 2.30. The number of aromatic nitrogens is 2. The predicted octanol–water partition coefficient (Wildman–Crippen LogP) is 2.15. The maximum absolute atomic E-state index is 13.1. The molecule has 0 aliphatic heterocycles. The first kappa shape index (κ1) is 18.0. The van der Waals surface area contributed by atoms with Crippen LogP contribution in [-0.4, -0.2) is 29.2 Å². The lowest BCUT2D eigenvalue weighted by Crippen LogP contribution is -2.42. The monoisotopic (exact) mass is 379 g/mol. The van der Waals surface area contributed by atoms with Crippen LogP contribution in [0.5, 0.6) is 11.7 Å². The minimum Gasteiger partial charge on any atom is -0.539 e. The van der Waals surface area contributed by atoms with E-state index in [-0.39, 0.29) is 18.5 Å². The molecule has 7 heteroatoms. The SMILES string of the molecule is COc1ccc(-[n+]2noc([O-])c2CN(C(=O)c2ccc(C)cc2)C2CC2)cc1. The summed E-state index contributed by atoms with van der Waals surface area (Å²) >= 11 is 0. The number of amides is 1. The van der Waals surface area contributed by atoms with Crippen molar-refractivity contribution in [1.29, 1.82) is 0 Å². The quantitative estimate of drug-likeness (QED) is 0.613. The first-order chi connectivity index (χ1) is 13.6. The number of benzene rings is 2. The lowest BCUT2D eigenvalue weighted by Gasteiger charge is -2.21. The number of methoxy groups -OCH3 is 1. The molecule has 4 rings (SSSR count). The molecule has 1 heterocycles. The minimum atomic E-state index is -0.543. The third-order valence-corrected chi connectivity index (χ3v) is 4.88. The maximum atomic E-state index is 13.1. The topological polar surface area (TPSA) is 82.5 Å². The van der Waals surface area contributed by atoms with Crippen molar-refractivity contribution in [3.8, 4) is 17.4 Å². The van der Waals surface area contributed by atoms with Crippen molar-refractivity contribution in [2.75, 3.05) is 7.11 Å². The van der Waals surface area contributed by atoms with Gasteiger partial charge in [0.2, 0.25) is 5.69 Å². The Balaban J connectivity index is 1.63. The zero-order valence-corrected chi connectivity index (χ0v) is 15.8. The highest BCUT2D eigenvalue weighted by atomic mass is 16.6. The molecule has 1 saturated carbocycles. The smallest absolute Gasteiger partial charge is 0.259 e. The lowest BCUT2D eigenvalue weighted by molar-refractivity contribution is -0.678. The van der Waals surface area contributed by atoms with Crippen LogP contribution in [0.1, 0.15) is 34.5 Å². The number of carbonyl (C=O) groups is 1. The van der Waals surface area contributed by atoms with Gasteiger partial charge in [0.1, 0.15) is 12.3 Å². The van der Waals surface area contributed by atoms with Crippen LogP contribution in [0.2, 0.25) is 0 Å². The van der Waals surface area contributed by atoms with Gasteiger partial charge < -0.3 is 19.3 Å². The van der Waals surface area contributed by atoms with E-state index >= 15 is 0 Å². The van der Waals surface area contributed by atoms with Gasteiger partial charge in [0, 0.05) is 23.7 Å². The third kappa shape index (κ3) is 3.55. The molecule has 3 aromatic rings. The summed E-state index contributed by atoms with van der Waals surface area (Å²) < 4.78 is 11.5. The molecule has 2 aromatic carbocycles. The van der Waals surface area contributed by atoms with Crippen LogP contribution in [0, 0.1) is 6.92 Å². The molecule has 1 aromatic heterocycles. The van der Waals surface area contributed by atoms with Gasteiger partial charge in [-0.15, -0.1) is 0 Å². The summed E-state index contributed by atoms with van der Waals surface area (Å²) in [6.45, 7) is 2.12. The van der Waals surface area contributed by atoms with Crippen molar-refractivity contribution in [2.24, 2.45) is 0 Å². The van der Waals surface area contributed by atoms with Crippen molar-refractivity contribution < 1.29 is 23.8 Å². The fourth-order valence-corrected chi connectivity index (χ4v) is 3.10. The number of hydrogen-bond acceptors (Lipinski definition) is 5. The van der Waals surface area contributed by atoms with Gasteiger partial charge in [0.15, 0.2) is 5.95 Å². The van der Waals surface area contributed by atoms with Crippen LogP contribution >= 0.6 is 0 Å². The van der Waals surface area contributed by atoms with E-state index in [1.165, 1.54) is 4.68 Å². The molecular formula is C21H21N3O4. The van der Waals surface area contributed by atoms with Gasteiger partial charge >= 0.3 is 0 Å². The van der Waals surface area contributed by atoms with E-state index in [0.29, 0.717) is 22.7 Å². The molecule has 28 heavy (non-hydrogen) atoms. The molecule has 0 N–H and O–H groups in total. The summed E-state index contributed by atoms with van der Waals surface area (Å²) in [4.78, 5) is 14.8. The Bertz CT molecular complexity index is 976. The van der Waals surface area contributed by atoms with Crippen LogP contribution in [0.3, 0.4) is 0 Å². The van der Waals surface area contributed by atoms with Crippen LogP contribution < -0.4 is 14.5 Å². The molecule has 1 amide bonds. The second kappa shape index (κ2) is 7.34. The van der Waals surface area contributed by atoms with Crippen molar-refractivity contribution in [2.45, 2.75) is 32.4 Å². The normalized spacial score (nSPS) is 13.4. The van der Waals surface area contributed by atoms with Gasteiger partial charge in [-0.05, 0) is 48.7 Å². The van der Waals surface area contributed by atoms with Gasteiger partial charge in [-0.25, -0.2) is 0 Å². The van der Waals surface area contributed by atoms with Gasteiger partial charge in [-0.2, -0.15) is 0 Å². The lowest BCUT2D eigenvalue weighted by atomic mass is 10.1. The van der Waals surface area contributed by atoms with Crippen LogP contribution in [0.15, 0.2) is 53.1 Å². The molecule has 0 unspecified atom stereocenters. The van der Waals surface area contributed by atoms with Crippen molar-refractivity contribution >= 4 is 5.91 Å². The average Bonchev–Trinajstić information content (AvgIpc) is 3.49. The largest absolute Gasteiger partial charge is 0.539 e. The maximum Gasteiger partial charge on any atom is 0.259 e. The average molecular weight is 379 g/mol. The van der Waals surface area contributed by atoms with Gasteiger partial charge in [0.05, 0.1) is 12.4 Å². The van der Waals surface area contributed by atoms with E-state index in [2.05, 4.69) is 5.27 Å². The molecule has 0 saturated heterocycles. The third-order valence-electron chi connectivity index (χ3n) is 4.88. The molecule has 0 spiro atoms. The van der Waals surface area contributed by atoms with E-state index in [1.807, 2.05) is 31.2 Å². The van der Waals surface area contributed by atoms with E-state index in [9.17, 15) is 9.90 Å². The molecule has 1 aliphatic carbocycles. The Hall–Kier alpha value is -3.35. The van der Waals surface area contributed by atoms with Gasteiger partial charge in [-0.1, -0.05) is 17.7 Å². The number of ether oxygens (including phenoxy) is 1. The Morgan fingerprint density at radius 2 is 1.89 bits per heavy atom. The zero-order chi connectivity index (χ0) is 19.7. The molecule has 1 fully saturated rings. The Kier molecular flexibility index (Phi) is 4.73. The van der Waals surface area contributed by atoms with Crippen LogP contribution in [0.25, 0.3) is 5.69 Å². The van der Waals surface area contributed by atoms with E-state index in [4.69, 9.17) is 9.26 Å². The molecule has 0 atom stereocenters. The summed E-state index contributed by atoms with van der Waals surface area (Å²) in [5.74, 6) is 0.0634.